The van der Waals surface area contributed by atoms with E-state index < -0.39 is 17.0 Å². The minimum Gasteiger partial charge on any atom is -0.456 e. The van der Waals surface area contributed by atoms with E-state index in [0.29, 0.717) is 17.8 Å². The molecule has 3 aromatic rings. The Labute approximate surface area is 200 Å². The second-order valence-corrected chi connectivity index (χ2v) is 9.85. The van der Waals surface area contributed by atoms with Gasteiger partial charge in [0, 0.05) is 27.5 Å². The van der Waals surface area contributed by atoms with E-state index in [4.69, 9.17) is 4.74 Å². The molecule has 174 valence electrons. The maximum atomic E-state index is 12.9. The number of esters is 1. The number of carbonyl (C=O) groups excluding carboxylic acids is 3. The molecule has 0 fully saturated rings. The predicted octanol–water partition coefficient (Wildman–Crippen LogP) is 4.84. The number of thioether (sulfide) groups is 1. The summed E-state index contributed by atoms with van der Waals surface area (Å²) in [6.45, 7) is 5.79. The van der Waals surface area contributed by atoms with Crippen molar-refractivity contribution in [2.75, 3.05) is 17.7 Å². The molecule has 0 radical (unpaired) electrons. The van der Waals surface area contributed by atoms with Crippen molar-refractivity contribution in [2.45, 2.75) is 32.6 Å². The zero-order valence-corrected chi connectivity index (χ0v) is 20.2. The third-order valence-electron chi connectivity index (χ3n) is 5.04. The molecule has 1 atom stereocenters. The minimum absolute atomic E-state index is 0.0193. The van der Waals surface area contributed by atoms with Crippen molar-refractivity contribution < 1.29 is 23.5 Å². The molecule has 0 aliphatic rings. The first-order chi connectivity index (χ1) is 15.7. The lowest BCUT2D eigenvalue weighted by Gasteiger charge is -2.11. The Kier molecular flexibility index (Phi) is 8.46. The zero-order chi connectivity index (χ0) is 24.0. The first-order valence-corrected chi connectivity index (χ1v) is 12.2. The van der Waals surface area contributed by atoms with Crippen LogP contribution in [-0.4, -0.2) is 39.8 Å². The number of ketones is 1. The van der Waals surface area contributed by atoms with Crippen LogP contribution in [0.25, 0.3) is 0 Å². The molecule has 6 nitrogen and oxygen atoms in total. The van der Waals surface area contributed by atoms with E-state index in [1.54, 1.807) is 18.3 Å². The van der Waals surface area contributed by atoms with Gasteiger partial charge in [-0.25, -0.2) is 4.39 Å². The van der Waals surface area contributed by atoms with Gasteiger partial charge in [-0.2, -0.15) is 0 Å². The van der Waals surface area contributed by atoms with Crippen LogP contribution >= 0.6 is 23.1 Å². The van der Waals surface area contributed by atoms with E-state index in [1.165, 1.54) is 29.1 Å². The number of rotatable bonds is 10. The van der Waals surface area contributed by atoms with Crippen LogP contribution in [0.2, 0.25) is 0 Å². The van der Waals surface area contributed by atoms with Gasteiger partial charge in [-0.1, -0.05) is 6.07 Å². The second kappa shape index (κ2) is 11.3. The van der Waals surface area contributed by atoms with Crippen LogP contribution in [0.4, 0.5) is 10.1 Å². The first-order valence-electron chi connectivity index (χ1n) is 10.3. The number of thiophene rings is 1. The number of hydrogen-bond donors (Lipinski definition) is 1. The molecular weight excluding hydrogens is 463 g/mol. The van der Waals surface area contributed by atoms with Gasteiger partial charge in [0.1, 0.15) is 11.1 Å². The maximum absolute atomic E-state index is 12.9. The number of aromatic nitrogens is 1. The van der Waals surface area contributed by atoms with Crippen molar-refractivity contribution in [3.8, 4) is 0 Å². The van der Waals surface area contributed by atoms with E-state index in [1.807, 2.05) is 37.4 Å². The summed E-state index contributed by atoms with van der Waals surface area (Å²) < 4.78 is 20.2. The number of amides is 1. The van der Waals surface area contributed by atoms with Crippen LogP contribution < -0.4 is 5.32 Å². The Bertz CT molecular complexity index is 1120. The minimum atomic E-state index is -0.622. The van der Waals surface area contributed by atoms with Gasteiger partial charge in [-0.3, -0.25) is 14.4 Å². The fourth-order valence-corrected chi connectivity index (χ4v) is 4.59. The number of ether oxygens (including phenoxy) is 1. The Hall–Kier alpha value is -2.91. The van der Waals surface area contributed by atoms with Crippen molar-refractivity contribution in [1.29, 1.82) is 0 Å². The molecule has 33 heavy (non-hydrogen) atoms. The fraction of sp³-hybridized carbons (Fsp3) is 0.292. The summed E-state index contributed by atoms with van der Waals surface area (Å²) in [5, 5.41) is 4.02. The number of halogens is 1. The van der Waals surface area contributed by atoms with Crippen molar-refractivity contribution in [2.24, 2.45) is 0 Å². The number of carbonyl (C=O) groups is 3. The highest BCUT2D eigenvalue weighted by atomic mass is 32.2. The highest BCUT2D eigenvalue weighted by Gasteiger charge is 2.21. The number of nitrogens with zero attached hydrogens (tertiary/aromatic N) is 1. The van der Waals surface area contributed by atoms with Crippen molar-refractivity contribution in [1.82, 2.24) is 4.57 Å². The van der Waals surface area contributed by atoms with Crippen molar-refractivity contribution in [3.63, 3.8) is 0 Å². The van der Waals surface area contributed by atoms with Gasteiger partial charge in [-0.05, 0) is 62.5 Å². The van der Waals surface area contributed by atoms with Gasteiger partial charge in [0.05, 0.1) is 12.3 Å². The Balaban J connectivity index is 1.47. The molecule has 0 saturated carbocycles. The highest BCUT2D eigenvalue weighted by Crippen LogP contribution is 2.20. The number of Topliss-reactive ketones (excluding diaryl/α,β-unsaturated/α-hetero) is 1. The number of aryl methyl sites for hydroxylation is 1. The molecule has 0 saturated heterocycles. The molecule has 0 aliphatic carbocycles. The van der Waals surface area contributed by atoms with Crippen LogP contribution in [0.1, 0.15) is 33.5 Å². The standard InChI is InChI=1S/C24H25FN2O4S2/c1-15-11-21(16(2)27(15)12-20-5-4-10-32-20)22(28)13-31-24(30)17(3)33-14-23(29)26-19-8-6-18(25)7-9-19/h4-11,17H,12-14H2,1-3H3,(H,26,29)/t17-/m1/s1. The Morgan fingerprint density at radius 2 is 1.91 bits per heavy atom. The summed E-state index contributed by atoms with van der Waals surface area (Å²) in [6.07, 6.45) is 0. The first kappa shape index (κ1) is 24.7. The molecule has 0 spiro atoms. The number of nitrogens with one attached hydrogen (secondary N) is 1. The van der Waals surface area contributed by atoms with Crippen LogP contribution in [0, 0.1) is 19.7 Å². The average Bonchev–Trinajstić information content (AvgIpc) is 3.41. The van der Waals surface area contributed by atoms with Crippen LogP contribution in [0.3, 0.4) is 0 Å². The zero-order valence-electron chi connectivity index (χ0n) is 18.6. The van der Waals surface area contributed by atoms with Gasteiger partial charge in [0.25, 0.3) is 0 Å². The summed E-state index contributed by atoms with van der Waals surface area (Å²) in [5.41, 5.74) is 2.81. The molecule has 2 heterocycles. The fourth-order valence-electron chi connectivity index (χ4n) is 3.22. The molecule has 3 rings (SSSR count). The topological polar surface area (TPSA) is 77.4 Å². The SMILES string of the molecule is Cc1cc(C(=O)COC(=O)[C@@H](C)SCC(=O)Nc2ccc(F)cc2)c(C)n1Cc1cccs1. The lowest BCUT2D eigenvalue weighted by atomic mass is 10.1. The summed E-state index contributed by atoms with van der Waals surface area (Å²) >= 11 is 2.76. The van der Waals surface area contributed by atoms with Gasteiger partial charge < -0.3 is 14.6 Å². The smallest absolute Gasteiger partial charge is 0.319 e. The van der Waals surface area contributed by atoms with Crippen LogP contribution in [-0.2, 0) is 20.9 Å². The van der Waals surface area contributed by atoms with Gasteiger partial charge in [-0.15, -0.1) is 23.1 Å². The third-order valence-corrected chi connectivity index (χ3v) is 7.02. The van der Waals surface area contributed by atoms with Crippen molar-refractivity contribution >= 4 is 46.4 Å². The molecular formula is C24H25FN2O4S2. The lowest BCUT2D eigenvalue weighted by molar-refractivity contribution is -0.141. The van der Waals surface area contributed by atoms with Crippen LogP contribution in [0.15, 0.2) is 47.8 Å². The second-order valence-electron chi connectivity index (χ2n) is 7.49. The monoisotopic (exact) mass is 488 g/mol. The number of hydrogen-bond acceptors (Lipinski definition) is 6. The van der Waals surface area contributed by atoms with E-state index in [9.17, 15) is 18.8 Å². The molecule has 0 unspecified atom stereocenters. The van der Waals surface area contributed by atoms with Crippen LogP contribution in [0.5, 0.6) is 0 Å². The van der Waals surface area contributed by atoms with Gasteiger partial charge in [0.2, 0.25) is 11.7 Å². The third kappa shape index (κ3) is 6.79. The predicted molar refractivity (Wildman–Crippen MR) is 130 cm³/mol. The summed E-state index contributed by atoms with van der Waals surface area (Å²) in [7, 11) is 0. The quantitative estimate of drug-likeness (QED) is 0.326. The summed E-state index contributed by atoms with van der Waals surface area (Å²) in [6, 6.07) is 11.3. The largest absolute Gasteiger partial charge is 0.456 e. The molecule has 0 bridgehead atoms. The summed E-state index contributed by atoms with van der Waals surface area (Å²) in [4.78, 5) is 38.2. The summed E-state index contributed by atoms with van der Waals surface area (Å²) in [5.74, 6) is -1.51. The number of benzene rings is 1. The van der Waals surface area contributed by atoms with Gasteiger partial charge >= 0.3 is 5.97 Å². The molecule has 1 amide bonds. The molecule has 9 heteroatoms. The average molecular weight is 489 g/mol. The van der Waals surface area contributed by atoms with E-state index in [-0.39, 0.29) is 24.1 Å². The normalized spacial score (nSPS) is 11.8. The Morgan fingerprint density at radius 1 is 1.18 bits per heavy atom. The lowest BCUT2D eigenvalue weighted by Crippen LogP contribution is -2.24. The molecule has 1 aromatic carbocycles. The maximum Gasteiger partial charge on any atom is 0.319 e. The van der Waals surface area contributed by atoms with E-state index in [0.717, 1.165) is 23.1 Å². The van der Waals surface area contributed by atoms with Crippen molar-refractivity contribution in [3.05, 3.63) is 75.5 Å². The van der Waals surface area contributed by atoms with E-state index in [2.05, 4.69) is 9.88 Å². The number of anilines is 1. The molecule has 0 aliphatic heterocycles. The molecule has 2 aromatic heterocycles. The Morgan fingerprint density at radius 3 is 2.58 bits per heavy atom. The highest BCUT2D eigenvalue weighted by molar-refractivity contribution is 8.01. The van der Waals surface area contributed by atoms with E-state index >= 15 is 0 Å². The van der Waals surface area contributed by atoms with Gasteiger partial charge in [0.15, 0.2) is 6.61 Å². The molecule has 1 N–H and O–H groups in total.